The molecule has 1 amide bonds. The van der Waals surface area contributed by atoms with Gasteiger partial charge in [-0.3, -0.25) is 10.1 Å². The minimum absolute atomic E-state index is 0. The summed E-state index contributed by atoms with van der Waals surface area (Å²) in [6, 6.07) is 3.33. The van der Waals surface area contributed by atoms with E-state index in [0.717, 1.165) is 25.2 Å². The number of amides is 1. The van der Waals surface area contributed by atoms with Crippen LogP contribution in [-0.4, -0.2) is 29.4 Å². The van der Waals surface area contributed by atoms with Gasteiger partial charge in [0.25, 0.3) is 5.91 Å². The minimum Gasteiger partial charge on any atom is -0.459 e. The summed E-state index contributed by atoms with van der Waals surface area (Å²) in [4.78, 5) is 19.7. The van der Waals surface area contributed by atoms with E-state index in [4.69, 9.17) is 4.42 Å². The van der Waals surface area contributed by atoms with Gasteiger partial charge in [-0.1, -0.05) is 0 Å². The molecular formula is C12H14ClN3O2S. The highest BCUT2D eigenvalue weighted by atomic mass is 35.5. The third-order valence-electron chi connectivity index (χ3n) is 2.89. The highest BCUT2D eigenvalue weighted by molar-refractivity contribution is 7.15. The molecule has 0 fully saturated rings. The Bertz CT molecular complexity index is 568. The summed E-state index contributed by atoms with van der Waals surface area (Å²) in [6.45, 7) is 1.92. The molecular weight excluding hydrogens is 286 g/mol. The number of rotatable bonds is 2. The van der Waals surface area contributed by atoms with Crippen molar-refractivity contribution in [3.8, 4) is 0 Å². The van der Waals surface area contributed by atoms with Gasteiger partial charge in [0, 0.05) is 24.4 Å². The average Bonchev–Trinajstić information content (AvgIpc) is 2.95. The van der Waals surface area contributed by atoms with Gasteiger partial charge >= 0.3 is 0 Å². The van der Waals surface area contributed by atoms with Crippen LogP contribution in [0.1, 0.15) is 21.1 Å². The molecule has 1 aliphatic heterocycles. The monoisotopic (exact) mass is 299 g/mol. The number of furan rings is 1. The van der Waals surface area contributed by atoms with Gasteiger partial charge in [-0.05, 0) is 19.2 Å². The molecule has 0 saturated heterocycles. The predicted molar refractivity (Wildman–Crippen MR) is 76.1 cm³/mol. The summed E-state index contributed by atoms with van der Waals surface area (Å²) < 4.78 is 5.04. The lowest BCUT2D eigenvalue weighted by Gasteiger charge is -2.20. The molecule has 2 aromatic rings. The van der Waals surface area contributed by atoms with Gasteiger partial charge in [-0.25, -0.2) is 4.98 Å². The third-order valence-corrected chi connectivity index (χ3v) is 3.89. The molecule has 0 spiro atoms. The lowest BCUT2D eigenvalue weighted by Crippen LogP contribution is -2.25. The van der Waals surface area contributed by atoms with E-state index in [1.807, 2.05) is 0 Å². The van der Waals surface area contributed by atoms with Crippen molar-refractivity contribution in [2.75, 3.05) is 18.9 Å². The van der Waals surface area contributed by atoms with Crippen molar-refractivity contribution in [2.45, 2.75) is 13.0 Å². The number of hydrogen-bond acceptors (Lipinski definition) is 5. The van der Waals surface area contributed by atoms with Crippen LogP contribution in [0, 0.1) is 0 Å². The largest absolute Gasteiger partial charge is 0.459 e. The van der Waals surface area contributed by atoms with E-state index in [1.54, 1.807) is 12.1 Å². The second-order valence-corrected chi connectivity index (χ2v) is 5.39. The Morgan fingerprint density at radius 2 is 2.42 bits per heavy atom. The van der Waals surface area contributed by atoms with Crippen LogP contribution in [0.2, 0.25) is 0 Å². The number of carbonyl (C=O) groups is 1. The molecule has 1 aliphatic rings. The van der Waals surface area contributed by atoms with Crippen LogP contribution in [0.3, 0.4) is 0 Å². The van der Waals surface area contributed by atoms with Crippen molar-refractivity contribution >= 4 is 34.8 Å². The molecule has 0 saturated carbocycles. The Kier molecular flexibility index (Phi) is 4.24. The number of anilines is 1. The molecule has 1 N–H and O–H groups in total. The molecule has 0 bridgehead atoms. The van der Waals surface area contributed by atoms with Gasteiger partial charge in [0.2, 0.25) is 0 Å². The van der Waals surface area contributed by atoms with E-state index >= 15 is 0 Å². The van der Waals surface area contributed by atoms with Crippen LogP contribution in [0.25, 0.3) is 0 Å². The molecule has 0 unspecified atom stereocenters. The van der Waals surface area contributed by atoms with Crippen molar-refractivity contribution < 1.29 is 9.21 Å². The zero-order valence-electron chi connectivity index (χ0n) is 10.4. The second-order valence-electron chi connectivity index (χ2n) is 4.31. The number of carbonyl (C=O) groups excluding carboxylic acids is 1. The fraction of sp³-hybridized carbons (Fsp3) is 0.333. The molecule has 0 radical (unpaired) electrons. The number of fused-ring (bicyclic) bond motifs is 1. The first-order chi connectivity index (χ1) is 8.72. The van der Waals surface area contributed by atoms with Crippen LogP contribution in [0.15, 0.2) is 22.8 Å². The quantitative estimate of drug-likeness (QED) is 0.925. The molecule has 19 heavy (non-hydrogen) atoms. The highest BCUT2D eigenvalue weighted by Gasteiger charge is 2.19. The lowest BCUT2D eigenvalue weighted by molar-refractivity contribution is 0.0996. The number of halogens is 1. The molecule has 2 aromatic heterocycles. The van der Waals surface area contributed by atoms with Crippen molar-refractivity contribution in [2.24, 2.45) is 0 Å². The Balaban J connectivity index is 0.00000133. The Labute approximate surface area is 121 Å². The number of nitrogens with zero attached hydrogens (tertiary/aromatic N) is 2. The van der Waals surface area contributed by atoms with Crippen molar-refractivity contribution in [1.82, 2.24) is 9.88 Å². The first kappa shape index (κ1) is 14.0. The number of likely N-dealkylation sites (N-methyl/N-ethyl adjacent to an activating group) is 1. The summed E-state index contributed by atoms with van der Waals surface area (Å²) in [5.41, 5.74) is 1.10. The van der Waals surface area contributed by atoms with Gasteiger partial charge < -0.3 is 9.32 Å². The van der Waals surface area contributed by atoms with E-state index in [9.17, 15) is 4.79 Å². The Morgan fingerprint density at radius 3 is 3.16 bits per heavy atom. The molecule has 3 heterocycles. The van der Waals surface area contributed by atoms with Gasteiger partial charge in [-0.15, -0.1) is 23.7 Å². The molecule has 0 aliphatic carbocycles. The smallest absolute Gasteiger partial charge is 0.293 e. The van der Waals surface area contributed by atoms with Gasteiger partial charge in [0.05, 0.1) is 12.0 Å². The summed E-state index contributed by atoms with van der Waals surface area (Å²) in [5.74, 6) is 0.0553. The van der Waals surface area contributed by atoms with Crippen molar-refractivity contribution in [3.05, 3.63) is 34.7 Å². The number of aromatic nitrogens is 1. The van der Waals surface area contributed by atoms with E-state index in [-0.39, 0.29) is 18.3 Å². The van der Waals surface area contributed by atoms with Crippen LogP contribution in [0.4, 0.5) is 5.13 Å². The number of thiazole rings is 1. The minimum atomic E-state index is -0.251. The van der Waals surface area contributed by atoms with Crippen LogP contribution in [0.5, 0.6) is 0 Å². The number of hydrogen-bond donors (Lipinski definition) is 1. The zero-order valence-corrected chi connectivity index (χ0v) is 12.0. The van der Waals surface area contributed by atoms with E-state index in [2.05, 4.69) is 22.2 Å². The maximum atomic E-state index is 11.8. The predicted octanol–water partition coefficient (Wildman–Crippen LogP) is 2.40. The van der Waals surface area contributed by atoms with Crippen molar-refractivity contribution in [1.29, 1.82) is 0 Å². The summed E-state index contributed by atoms with van der Waals surface area (Å²) >= 11 is 1.54. The highest BCUT2D eigenvalue weighted by Crippen LogP contribution is 2.27. The summed E-state index contributed by atoms with van der Waals surface area (Å²) in [5, 5.41) is 3.42. The van der Waals surface area contributed by atoms with Crippen LogP contribution >= 0.6 is 23.7 Å². The van der Waals surface area contributed by atoms with E-state index in [0.29, 0.717) is 10.9 Å². The Hall–Kier alpha value is -1.37. The third kappa shape index (κ3) is 2.97. The standard InChI is InChI=1S/C12H13N3O2S.ClH/c1-15-5-4-8-10(7-15)18-12(13-8)14-11(16)9-3-2-6-17-9;/h2-3,6H,4-5,7H2,1H3,(H,13,14,16);1H. The zero-order chi connectivity index (χ0) is 12.5. The second kappa shape index (κ2) is 5.73. The molecule has 102 valence electrons. The van der Waals surface area contributed by atoms with Crippen LogP contribution < -0.4 is 5.32 Å². The maximum Gasteiger partial charge on any atom is 0.293 e. The SMILES string of the molecule is CN1CCc2nc(NC(=O)c3ccco3)sc2C1.Cl. The van der Waals surface area contributed by atoms with Gasteiger partial charge in [0.15, 0.2) is 10.9 Å². The molecule has 5 nitrogen and oxygen atoms in total. The fourth-order valence-corrected chi connectivity index (χ4v) is 3.03. The Morgan fingerprint density at radius 1 is 1.58 bits per heavy atom. The van der Waals surface area contributed by atoms with Crippen molar-refractivity contribution in [3.63, 3.8) is 0 Å². The topological polar surface area (TPSA) is 58.4 Å². The maximum absolute atomic E-state index is 11.8. The average molecular weight is 300 g/mol. The lowest BCUT2D eigenvalue weighted by atomic mass is 10.2. The number of nitrogens with one attached hydrogen (secondary N) is 1. The van der Waals surface area contributed by atoms with Gasteiger partial charge in [0.1, 0.15) is 0 Å². The first-order valence-electron chi connectivity index (χ1n) is 5.74. The fourth-order valence-electron chi connectivity index (χ4n) is 1.94. The normalized spacial score (nSPS) is 14.6. The molecule has 3 rings (SSSR count). The molecule has 7 heteroatoms. The summed E-state index contributed by atoms with van der Waals surface area (Å²) in [6.07, 6.45) is 2.43. The van der Waals surface area contributed by atoms with Crippen LogP contribution in [-0.2, 0) is 13.0 Å². The first-order valence-corrected chi connectivity index (χ1v) is 6.56. The summed E-state index contributed by atoms with van der Waals surface area (Å²) in [7, 11) is 2.09. The van der Waals surface area contributed by atoms with E-state index < -0.39 is 0 Å². The van der Waals surface area contributed by atoms with Gasteiger partial charge in [-0.2, -0.15) is 0 Å². The van der Waals surface area contributed by atoms with E-state index in [1.165, 1.54) is 22.5 Å². The molecule has 0 atom stereocenters. The molecule has 0 aromatic carbocycles.